The SMILES string of the molecule is O=S1(=O)CC(N2CCC(c3cc4c(cnn4-c4cnn(C56CC(C5)C6)c4)cc3Cl)CC2)C1. The molecule has 4 heterocycles. The van der Waals surface area contributed by atoms with Crippen molar-refractivity contribution < 1.29 is 8.42 Å². The molecule has 2 aromatic heterocycles. The zero-order valence-electron chi connectivity index (χ0n) is 17.8. The molecule has 0 atom stereocenters. The number of fused-ring (bicyclic) bond motifs is 1. The lowest BCUT2D eigenvalue weighted by Gasteiger charge is -2.61. The van der Waals surface area contributed by atoms with Crippen LogP contribution >= 0.6 is 11.6 Å². The van der Waals surface area contributed by atoms with Gasteiger partial charge in [-0.2, -0.15) is 10.2 Å². The average molecular weight is 472 g/mol. The molecule has 7 nitrogen and oxygen atoms in total. The van der Waals surface area contributed by atoms with Crippen LogP contribution in [-0.2, 0) is 15.4 Å². The van der Waals surface area contributed by atoms with Gasteiger partial charge >= 0.3 is 0 Å². The van der Waals surface area contributed by atoms with Crippen molar-refractivity contribution in [1.29, 1.82) is 0 Å². The molecule has 2 aliphatic heterocycles. The van der Waals surface area contributed by atoms with Gasteiger partial charge in [-0.25, -0.2) is 13.1 Å². The zero-order valence-corrected chi connectivity index (χ0v) is 19.4. The van der Waals surface area contributed by atoms with Crippen molar-refractivity contribution >= 4 is 32.3 Å². The molecular formula is C23H26ClN5O2S. The van der Waals surface area contributed by atoms with Crippen LogP contribution in [0.4, 0.5) is 0 Å². The Hall–Kier alpha value is -1.90. The predicted octanol–water partition coefficient (Wildman–Crippen LogP) is 3.36. The van der Waals surface area contributed by atoms with Gasteiger partial charge in [-0.3, -0.25) is 9.58 Å². The standard InChI is InChI=1S/C23H26ClN5O2S/c24-21-5-17-10-26-29(18-11-25-28(12-18)23-7-15(8-23)9-23)22(17)6-20(21)16-1-3-27(4-2-16)19-13-32(30,31)14-19/h5-6,10-12,15-16,19H,1-4,7-9,13-14H2. The molecule has 5 aliphatic rings. The number of rotatable bonds is 4. The smallest absolute Gasteiger partial charge is 0.153 e. The summed E-state index contributed by atoms with van der Waals surface area (Å²) in [5.74, 6) is 1.93. The van der Waals surface area contributed by atoms with Crippen molar-refractivity contribution in [2.45, 2.75) is 49.6 Å². The van der Waals surface area contributed by atoms with Crippen molar-refractivity contribution in [3.63, 3.8) is 0 Å². The van der Waals surface area contributed by atoms with E-state index in [2.05, 4.69) is 32.0 Å². The van der Waals surface area contributed by atoms with Crippen molar-refractivity contribution in [3.8, 4) is 5.69 Å². The number of halogens is 1. The molecule has 1 aromatic carbocycles. The first-order valence-corrected chi connectivity index (χ1v) is 13.8. The molecule has 0 N–H and O–H groups in total. The van der Waals surface area contributed by atoms with E-state index in [4.69, 9.17) is 11.6 Å². The third-order valence-electron chi connectivity index (χ3n) is 8.37. The first-order chi connectivity index (χ1) is 15.4. The summed E-state index contributed by atoms with van der Waals surface area (Å²) >= 11 is 6.72. The van der Waals surface area contributed by atoms with Gasteiger partial charge in [0.05, 0.1) is 41.2 Å². The van der Waals surface area contributed by atoms with Gasteiger partial charge in [0.15, 0.2) is 9.84 Å². The van der Waals surface area contributed by atoms with E-state index in [-0.39, 0.29) is 11.6 Å². The maximum atomic E-state index is 11.5. The first-order valence-electron chi connectivity index (χ1n) is 11.6. The van der Waals surface area contributed by atoms with Crippen LogP contribution in [0, 0.1) is 5.92 Å². The summed E-state index contributed by atoms with van der Waals surface area (Å²) in [5, 5.41) is 11.2. The minimum absolute atomic E-state index is 0.206. The number of hydrogen-bond acceptors (Lipinski definition) is 5. The predicted molar refractivity (Wildman–Crippen MR) is 123 cm³/mol. The van der Waals surface area contributed by atoms with Crippen molar-refractivity contribution in [3.05, 3.63) is 41.3 Å². The van der Waals surface area contributed by atoms with Crippen LogP contribution in [0.3, 0.4) is 0 Å². The fourth-order valence-electron chi connectivity index (χ4n) is 6.30. The Morgan fingerprint density at radius 1 is 1.03 bits per heavy atom. The highest BCUT2D eigenvalue weighted by Crippen LogP contribution is 2.62. The first kappa shape index (κ1) is 19.6. The number of sulfone groups is 1. The average Bonchev–Trinajstić information content (AvgIpc) is 3.30. The number of benzene rings is 1. The van der Waals surface area contributed by atoms with Gasteiger partial charge in [0, 0.05) is 16.5 Å². The van der Waals surface area contributed by atoms with Crippen LogP contribution in [0.5, 0.6) is 0 Å². The Bertz CT molecular complexity index is 1310. The van der Waals surface area contributed by atoms with E-state index < -0.39 is 9.84 Å². The molecule has 3 aliphatic carbocycles. The quantitative estimate of drug-likeness (QED) is 0.583. The summed E-state index contributed by atoms with van der Waals surface area (Å²) in [6.45, 7) is 1.85. The summed E-state index contributed by atoms with van der Waals surface area (Å²) in [7, 11) is -2.78. The topological polar surface area (TPSA) is 73.0 Å². The Labute approximate surface area is 192 Å². The molecule has 5 fully saturated rings. The number of likely N-dealkylation sites (tertiary alicyclic amines) is 1. The van der Waals surface area contributed by atoms with Crippen molar-refractivity contribution in [1.82, 2.24) is 24.5 Å². The number of nitrogens with zero attached hydrogens (tertiary/aromatic N) is 5. The fourth-order valence-corrected chi connectivity index (χ4v) is 8.12. The van der Waals surface area contributed by atoms with E-state index in [0.29, 0.717) is 17.4 Å². The van der Waals surface area contributed by atoms with E-state index in [9.17, 15) is 8.42 Å². The molecule has 2 saturated heterocycles. The lowest BCUT2D eigenvalue weighted by molar-refractivity contribution is -0.0977. The van der Waals surface area contributed by atoms with Crippen LogP contribution in [0.25, 0.3) is 16.6 Å². The van der Waals surface area contributed by atoms with Gasteiger partial charge in [-0.1, -0.05) is 11.6 Å². The third-order valence-corrected chi connectivity index (χ3v) is 10.5. The van der Waals surface area contributed by atoms with E-state index in [1.54, 1.807) is 0 Å². The molecular weight excluding hydrogens is 446 g/mol. The maximum absolute atomic E-state index is 11.5. The zero-order chi connectivity index (χ0) is 21.7. The highest BCUT2D eigenvalue weighted by Gasteiger charge is 2.58. The maximum Gasteiger partial charge on any atom is 0.153 e. The second kappa shape index (κ2) is 6.58. The molecule has 168 valence electrons. The lowest BCUT2D eigenvalue weighted by Crippen LogP contribution is -2.59. The van der Waals surface area contributed by atoms with Crippen LogP contribution < -0.4 is 0 Å². The minimum atomic E-state index is -2.78. The Kier molecular flexibility index (Phi) is 4.02. The lowest BCUT2D eigenvalue weighted by atomic mass is 9.50. The van der Waals surface area contributed by atoms with Crippen LogP contribution in [0.1, 0.15) is 43.6 Å². The van der Waals surface area contributed by atoms with E-state index in [1.807, 2.05) is 23.1 Å². The summed E-state index contributed by atoms with van der Waals surface area (Å²) in [4.78, 5) is 2.34. The summed E-state index contributed by atoms with van der Waals surface area (Å²) in [6.07, 6.45) is 11.7. The molecule has 2 bridgehead atoms. The fraction of sp³-hybridized carbons (Fsp3) is 0.565. The molecule has 32 heavy (non-hydrogen) atoms. The minimum Gasteiger partial charge on any atom is -0.298 e. The highest BCUT2D eigenvalue weighted by molar-refractivity contribution is 7.92. The highest BCUT2D eigenvalue weighted by atomic mass is 35.5. The molecule has 9 heteroatoms. The van der Waals surface area contributed by atoms with Gasteiger partial charge in [-0.15, -0.1) is 0 Å². The van der Waals surface area contributed by atoms with Crippen molar-refractivity contribution in [2.75, 3.05) is 24.6 Å². The number of piperidine rings is 1. The van der Waals surface area contributed by atoms with E-state index >= 15 is 0 Å². The molecule has 0 radical (unpaired) electrons. The Morgan fingerprint density at radius 3 is 2.44 bits per heavy atom. The summed E-state index contributed by atoms with van der Waals surface area (Å²) in [6, 6.07) is 4.45. The van der Waals surface area contributed by atoms with Crippen LogP contribution in [-0.4, -0.2) is 63.5 Å². The number of hydrogen-bond donors (Lipinski definition) is 0. The molecule has 3 saturated carbocycles. The monoisotopic (exact) mass is 471 g/mol. The summed E-state index contributed by atoms with van der Waals surface area (Å²) < 4.78 is 27.2. The van der Waals surface area contributed by atoms with Gasteiger partial charge < -0.3 is 0 Å². The molecule has 0 unspecified atom stereocenters. The van der Waals surface area contributed by atoms with E-state index in [1.165, 1.54) is 24.8 Å². The van der Waals surface area contributed by atoms with Crippen LogP contribution in [0.15, 0.2) is 30.7 Å². The van der Waals surface area contributed by atoms with Gasteiger partial charge in [0.2, 0.25) is 0 Å². The van der Waals surface area contributed by atoms with Gasteiger partial charge in [-0.05, 0) is 74.7 Å². The van der Waals surface area contributed by atoms with E-state index in [0.717, 1.165) is 53.5 Å². The van der Waals surface area contributed by atoms with Gasteiger partial charge in [0.25, 0.3) is 0 Å². The molecule has 0 amide bonds. The third kappa shape index (κ3) is 2.85. The molecule has 3 aromatic rings. The normalized spacial score (nSPS) is 30.1. The Morgan fingerprint density at radius 2 is 1.78 bits per heavy atom. The van der Waals surface area contributed by atoms with Crippen molar-refractivity contribution in [2.24, 2.45) is 5.92 Å². The molecule has 0 spiro atoms. The van der Waals surface area contributed by atoms with Gasteiger partial charge in [0.1, 0.15) is 5.69 Å². The van der Waals surface area contributed by atoms with Crippen LogP contribution in [0.2, 0.25) is 5.02 Å². The largest absolute Gasteiger partial charge is 0.298 e. The number of aromatic nitrogens is 4. The Balaban J connectivity index is 1.15. The summed E-state index contributed by atoms with van der Waals surface area (Å²) in [5.41, 5.74) is 3.51. The second-order valence-electron chi connectivity index (χ2n) is 10.4. The molecule has 8 rings (SSSR count). The second-order valence-corrected chi connectivity index (χ2v) is 12.9.